The number of thioether (sulfide) groups is 2. The summed E-state index contributed by atoms with van der Waals surface area (Å²) in [6, 6.07) is 8.51. The van der Waals surface area contributed by atoms with Gasteiger partial charge in [0.15, 0.2) is 11.5 Å². The number of hydrogen-bond acceptors (Lipinski definition) is 9. The molecule has 1 aromatic carbocycles. The highest BCUT2D eigenvalue weighted by molar-refractivity contribution is 7.99. The molecule has 1 saturated heterocycles. The maximum absolute atomic E-state index is 13.9. The van der Waals surface area contributed by atoms with Crippen molar-refractivity contribution in [3.8, 4) is 22.6 Å². The van der Waals surface area contributed by atoms with Crippen molar-refractivity contribution in [1.82, 2.24) is 20.2 Å². The minimum absolute atomic E-state index is 0.116. The Morgan fingerprint density at radius 2 is 1.85 bits per heavy atom. The Labute approximate surface area is 280 Å². The lowest BCUT2D eigenvalue weighted by molar-refractivity contribution is -0.123. The van der Waals surface area contributed by atoms with Crippen molar-refractivity contribution in [3.63, 3.8) is 0 Å². The van der Waals surface area contributed by atoms with E-state index in [-0.39, 0.29) is 23.9 Å². The standard InChI is InChI=1S/C35H45N5O4S2/c1-21-17-29(45-6)28(34(42)38-21)20-37-33(41)26-18-27(23-7-12-30(36-19-23)40-13-15-46-16-14-40)32-31(22(26)2)43-35(3,44-32)24-8-10-25(11-9-24)39(4)5/h7,12,17-19,24-25H,8-11,13-16,20H2,1-6H3,(H,37,41)(H,38,42)/t24-,25-,35?. The first-order valence-corrected chi connectivity index (χ1v) is 18.5. The van der Waals surface area contributed by atoms with Crippen LogP contribution < -0.4 is 25.2 Å². The first-order valence-electron chi connectivity index (χ1n) is 16.1. The summed E-state index contributed by atoms with van der Waals surface area (Å²) < 4.78 is 13.6. The van der Waals surface area contributed by atoms with Gasteiger partial charge in [0, 0.05) is 94.6 Å². The fourth-order valence-electron chi connectivity index (χ4n) is 6.94. The topological polar surface area (TPSA) is 99.8 Å². The normalized spacial score (nSPS) is 22.7. The number of anilines is 1. The fraction of sp³-hybridized carbons (Fsp3) is 0.514. The molecule has 0 spiro atoms. The Kier molecular flexibility index (Phi) is 9.64. The predicted molar refractivity (Wildman–Crippen MR) is 188 cm³/mol. The average molecular weight is 664 g/mol. The molecule has 2 aliphatic heterocycles. The Hall–Kier alpha value is -3.15. The minimum atomic E-state index is -0.838. The number of ether oxygens (including phenoxy) is 2. The van der Waals surface area contributed by atoms with E-state index in [1.807, 2.05) is 57.1 Å². The van der Waals surface area contributed by atoms with Crippen molar-refractivity contribution in [3.05, 3.63) is 63.2 Å². The first kappa shape index (κ1) is 32.8. The molecular weight excluding hydrogens is 619 g/mol. The second-order valence-corrected chi connectivity index (χ2v) is 15.0. The third kappa shape index (κ3) is 6.51. The van der Waals surface area contributed by atoms with E-state index in [2.05, 4.69) is 46.3 Å². The summed E-state index contributed by atoms with van der Waals surface area (Å²) in [4.78, 5) is 39.8. The summed E-state index contributed by atoms with van der Waals surface area (Å²) in [6.07, 6.45) is 7.99. The van der Waals surface area contributed by atoms with Crippen LogP contribution in [0.5, 0.6) is 11.5 Å². The number of nitrogens with zero attached hydrogens (tertiary/aromatic N) is 3. The van der Waals surface area contributed by atoms with Crippen molar-refractivity contribution < 1.29 is 14.3 Å². The molecule has 4 heterocycles. The highest BCUT2D eigenvalue weighted by Crippen LogP contribution is 2.53. The van der Waals surface area contributed by atoms with Crippen LogP contribution in [-0.2, 0) is 6.54 Å². The van der Waals surface area contributed by atoms with Crippen molar-refractivity contribution in [2.75, 3.05) is 49.8 Å². The molecule has 11 heteroatoms. The Balaban J connectivity index is 1.33. The Morgan fingerprint density at radius 3 is 2.50 bits per heavy atom. The average Bonchev–Trinajstić information content (AvgIpc) is 3.43. The van der Waals surface area contributed by atoms with Crippen LogP contribution in [0.3, 0.4) is 0 Å². The number of fused-ring (bicyclic) bond motifs is 1. The maximum Gasteiger partial charge on any atom is 0.254 e. The number of aromatic nitrogens is 2. The molecule has 9 nitrogen and oxygen atoms in total. The van der Waals surface area contributed by atoms with Crippen molar-refractivity contribution in [1.29, 1.82) is 0 Å². The summed E-state index contributed by atoms with van der Waals surface area (Å²) in [5.74, 6) is 3.53. The third-order valence-corrected chi connectivity index (χ3v) is 11.5. The zero-order valence-electron chi connectivity index (χ0n) is 27.7. The van der Waals surface area contributed by atoms with Crippen molar-refractivity contribution in [2.45, 2.75) is 69.7 Å². The van der Waals surface area contributed by atoms with Crippen molar-refractivity contribution >= 4 is 35.2 Å². The van der Waals surface area contributed by atoms with E-state index >= 15 is 0 Å². The van der Waals surface area contributed by atoms with Crippen LogP contribution in [-0.4, -0.2) is 77.6 Å². The molecule has 6 rings (SSSR count). The van der Waals surface area contributed by atoms with Gasteiger partial charge in [0.2, 0.25) is 0 Å². The van der Waals surface area contributed by atoms with Crippen molar-refractivity contribution in [2.24, 2.45) is 5.92 Å². The second-order valence-electron chi connectivity index (χ2n) is 13.0. The Bertz CT molecular complexity index is 1650. The molecule has 1 amide bonds. The number of hydrogen-bond donors (Lipinski definition) is 2. The van der Waals surface area contributed by atoms with Crippen LogP contribution in [0.1, 0.15) is 59.8 Å². The molecule has 2 N–H and O–H groups in total. The van der Waals surface area contributed by atoms with E-state index in [1.165, 1.54) is 11.8 Å². The highest BCUT2D eigenvalue weighted by atomic mass is 32.2. The van der Waals surface area contributed by atoms with Gasteiger partial charge in [-0.15, -0.1) is 11.8 Å². The molecule has 3 aliphatic rings. The summed E-state index contributed by atoms with van der Waals surface area (Å²) in [5, 5.41) is 3.02. The van der Waals surface area contributed by atoms with E-state index in [0.29, 0.717) is 28.7 Å². The van der Waals surface area contributed by atoms with Gasteiger partial charge in [0.05, 0.1) is 0 Å². The molecule has 0 bridgehead atoms. The van der Waals surface area contributed by atoms with Gasteiger partial charge in [0.25, 0.3) is 17.3 Å². The molecule has 2 fully saturated rings. The van der Waals surface area contributed by atoms with Gasteiger partial charge in [-0.3, -0.25) is 9.59 Å². The molecule has 1 atom stereocenters. The number of nitrogens with one attached hydrogen (secondary N) is 2. The molecule has 1 aliphatic carbocycles. The van der Waals surface area contributed by atoms with Crippen LogP contribution in [0.4, 0.5) is 5.82 Å². The van der Waals surface area contributed by atoms with E-state index in [9.17, 15) is 9.59 Å². The third-order valence-electron chi connectivity index (χ3n) is 9.78. The van der Waals surface area contributed by atoms with Gasteiger partial charge in [0.1, 0.15) is 5.82 Å². The molecule has 1 saturated carbocycles. The van der Waals surface area contributed by atoms with E-state index < -0.39 is 5.79 Å². The van der Waals surface area contributed by atoms with Gasteiger partial charge in [-0.2, -0.15) is 11.8 Å². The zero-order valence-corrected chi connectivity index (χ0v) is 29.3. The molecule has 246 valence electrons. The number of rotatable bonds is 8. The fourth-order valence-corrected chi connectivity index (χ4v) is 8.55. The number of aryl methyl sites for hydroxylation is 1. The lowest BCUT2D eigenvalue weighted by atomic mass is 9.81. The number of carbonyl (C=O) groups is 1. The van der Waals surface area contributed by atoms with Crippen LogP contribution in [0, 0.1) is 19.8 Å². The van der Waals surface area contributed by atoms with Gasteiger partial charge in [-0.05, 0) is 84.1 Å². The molecule has 1 unspecified atom stereocenters. The van der Waals surface area contributed by atoms with Crippen LogP contribution >= 0.6 is 23.5 Å². The highest BCUT2D eigenvalue weighted by Gasteiger charge is 2.47. The molecule has 46 heavy (non-hydrogen) atoms. The van der Waals surface area contributed by atoms with Gasteiger partial charge < -0.3 is 29.6 Å². The lowest BCUT2D eigenvalue weighted by Crippen LogP contribution is -2.46. The maximum atomic E-state index is 13.9. The van der Waals surface area contributed by atoms with Crippen LogP contribution in [0.15, 0.2) is 40.2 Å². The summed E-state index contributed by atoms with van der Waals surface area (Å²) in [6.45, 7) is 7.89. The first-order chi connectivity index (χ1) is 22.1. The van der Waals surface area contributed by atoms with Crippen LogP contribution in [0.2, 0.25) is 0 Å². The van der Waals surface area contributed by atoms with Crippen LogP contribution in [0.25, 0.3) is 11.1 Å². The van der Waals surface area contributed by atoms with Gasteiger partial charge >= 0.3 is 0 Å². The molecule has 3 aromatic rings. The largest absolute Gasteiger partial charge is 0.448 e. The van der Waals surface area contributed by atoms with E-state index in [4.69, 9.17) is 14.5 Å². The molecular formula is C35H45N5O4S2. The summed E-state index contributed by atoms with van der Waals surface area (Å²) in [7, 11) is 4.29. The number of amides is 1. The summed E-state index contributed by atoms with van der Waals surface area (Å²) >= 11 is 3.47. The number of H-pyrrole nitrogens is 1. The SMILES string of the molecule is CSc1cc(C)[nH]c(=O)c1CNC(=O)c1cc(-c2ccc(N3CCSCC3)nc2)c2c(c1C)OC(C)([C@H]1CC[C@H](N(C)C)CC1)O2. The minimum Gasteiger partial charge on any atom is -0.448 e. The number of pyridine rings is 2. The molecule has 2 aromatic heterocycles. The van der Waals surface area contributed by atoms with Gasteiger partial charge in [-0.25, -0.2) is 4.98 Å². The monoisotopic (exact) mass is 663 g/mol. The smallest absolute Gasteiger partial charge is 0.254 e. The predicted octanol–water partition coefficient (Wildman–Crippen LogP) is 5.87. The van der Waals surface area contributed by atoms with E-state index in [1.54, 1.807) is 0 Å². The zero-order chi connectivity index (χ0) is 32.6. The second kappa shape index (κ2) is 13.5. The Morgan fingerprint density at radius 1 is 1.13 bits per heavy atom. The lowest BCUT2D eigenvalue weighted by Gasteiger charge is -2.39. The molecule has 0 radical (unpaired) electrons. The number of carbonyl (C=O) groups excluding carboxylic acids is 1. The quantitative estimate of drug-likeness (QED) is 0.287. The van der Waals surface area contributed by atoms with Gasteiger partial charge in [-0.1, -0.05) is 0 Å². The number of aromatic amines is 1. The van der Waals surface area contributed by atoms with E-state index in [0.717, 1.165) is 83.4 Å². The number of benzene rings is 1. The summed E-state index contributed by atoms with van der Waals surface area (Å²) in [5.41, 5.74) is 4.00.